The number of amides is 1. The third kappa shape index (κ3) is 2.71. The van der Waals surface area contributed by atoms with Crippen LogP contribution in [0.3, 0.4) is 0 Å². The minimum atomic E-state index is 0.0664. The molecule has 0 aromatic carbocycles. The number of hydrogen-bond acceptors (Lipinski definition) is 2. The monoisotopic (exact) mass is 252 g/mol. The third-order valence-electron chi connectivity index (χ3n) is 4.93. The Morgan fingerprint density at radius 3 is 2.28 bits per heavy atom. The maximum absolute atomic E-state index is 12.8. The van der Waals surface area contributed by atoms with Gasteiger partial charge >= 0.3 is 0 Å². The molecule has 104 valence electrons. The highest BCUT2D eigenvalue weighted by Gasteiger charge is 2.38. The fraction of sp³-hybridized carbons (Fsp3) is 0.933. The van der Waals surface area contributed by atoms with E-state index in [2.05, 4.69) is 25.7 Å². The molecule has 2 fully saturated rings. The van der Waals surface area contributed by atoms with Crippen LogP contribution in [0, 0.1) is 11.8 Å². The Bertz CT molecular complexity index is 295. The first-order chi connectivity index (χ1) is 8.50. The van der Waals surface area contributed by atoms with Crippen molar-refractivity contribution < 1.29 is 4.79 Å². The molecule has 2 rings (SSSR count). The topological polar surface area (TPSA) is 46.3 Å². The first kappa shape index (κ1) is 13.9. The number of nitrogens with two attached hydrogens (primary N) is 1. The van der Waals surface area contributed by atoms with Crippen molar-refractivity contribution in [3.05, 3.63) is 0 Å². The van der Waals surface area contributed by atoms with E-state index in [-0.39, 0.29) is 12.0 Å². The van der Waals surface area contributed by atoms with Gasteiger partial charge in [-0.2, -0.15) is 0 Å². The summed E-state index contributed by atoms with van der Waals surface area (Å²) in [6.45, 7) is 6.62. The lowest BCUT2D eigenvalue weighted by atomic mass is 9.77. The van der Waals surface area contributed by atoms with Crippen LogP contribution in [0.1, 0.15) is 59.3 Å². The molecule has 2 N–H and O–H groups in total. The van der Waals surface area contributed by atoms with Gasteiger partial charge in [-0.05, 0) is 58.3 Å². The number of likely N-dealkylation sites (tertiary alicyclic amines) is 1. The van der Waals surface area contributed by atoms with E-state index in [0.29, 0.717) is 23.9 Å². The van der Waals surface area contributed by atoms with Gasteiger partial charge in [-0.25, -0.2) is 0 Å². The minimum Gasteiger partial charge on any atom is -0.337 e. The lowest BCUT2D eigenvalue weighted by Crippen LogP contribution is -2.54. The maximum Gasteiger partial charge on any atom is 0.227 e. The van der Waals surface area contributed by atoms with E-state index in [1.54, 1.807) is 0 Å². The first-order valence-corrected chi connectivity index (χ1v) is 7.58. The van der Waals surface area contributed by atoms with Crippen molar-refractivity contribution in [2.45, 2.75) is 77.4 Å². The van der Waals surface area contributed by atoms with E-state index in [4.69, 9.17) is 5.73 Å². The molecule has 18 heavy (non-hydrogen) atoms. The SMILES string of the molecule is CC1CCC(N)C(C(=O)N2C(C)CCCC2C)C1. The van der Waals surface area contributed by atoms with Gasteiger partial charge in [0.2, 0.25) is 5.91 Å². The summed E-state index contributed by atoms with van der Waals surface area (Å²) in [4.78, 5) is 14.9. The predicted octanol–water partition coefficient (Wildman–Crippen LogP) is 2.54. The lowest BCUT2D eigenvalue weighted by Gasteiger charge is -2.43. The standard InChI is InChI=1S/C15H28N2O/c1-10-7-8-14(16)13(9-10)15(18)17-11(2)5-4-6-12(17)3/h10-14H,4-9,16H2,1-3H3. The van der Waals surface area contributed by atoms with E-state index >= 15 is 0 Å². The van der Waals surface area contributed by atoms with Crippen LogP contribution in [0.4, 0.5) is 0 Å². The Kier molecular flexibility index (Phi) is 4.31. The van der Waals surface area contributed by atoms with Crippen molar-refractivity contribution in [3.8, 4) is 0 Å². The Hall–Kier alpha value is -0.570. The van der Waals surface area contributed by atoms with Crippen LogP contribution >= 0.6 is 0 Å². The predicted molar refractivity (Wildman–Crippen MR) is 74.1 cm³/mol. The highest BCUT2D eigenvalue weighted by Crippen LogP contribution is 2.32. The molecule has 1 aliphatic carbocycles. The van der Waals surface area contributed by atoms with Crippen molar-refractivity contribution in [1.29, 1.82) is 0 Å². The number of carbonyl (C=O) groups excluding carboxylic acids is 1. The van der Waals surface area contributed by atoms with E-state index in [0.717, 1.165) is 25.7 Å². The Morgan fingerprint density at radius 2 is 1.67 bits per heavy atom. The maximum atomic E-state index is 12.8. The van der Waals surface area contributed by atoms with Crippen LogP contribution < -0.4 is 5.73 Å². The second-order valence-electron chi connectivity index (χ2n) is 6.56. The lowest BCUT2D eigenvalue weighted by molar-refractivity contribution is -0.144. The molecule has 1 amide bonds. The number of piperidine rings is 1. The van der Waals surface area contributed by atoms with Gasteiger partial charge in [-0.1, -0.05) is 6.92 Å². The Morgan fingerprint density at radius 1 is 1.06 bits per heavy atom. The van der Waals surface area contributed by atoms with E-state index < -0.39 is 0 Å². The largest absolute Gasteiger partial charge is 0.337 e. The van der Waals surface area contributed by atoms with E-state index in [1.807, 2.05) is 0 Å². The molecule has 5 unspecified atom stereocenters. The summed E-state index contributed by atoms with van der Waals surface area (Å²) in [5.41, 5.74) is 6.19. The first-order valence-electron chi connectivity index (χ1n) is 7.58. The second-order valence-corrected chi connectivity index (χ2v) is 6.56. The summed E-state index contributed by atoms with van der Waals surface area (Å²) in [7, 11) is 0. The van der Waals surface area contributed by atoms with E-state index in [1.165, 1.54) is 12.8 Å². The molecule has 1 heterocycles. The zero-order valence-electron chi connectivity index (χ0n) is 12.1. The average molecular weight is 252 g/mol. The molecule has 0 spiro atoms. The number of rotatable bonds is 1. The van der Waals surface area contributed by atoms with Crippen LogP contribution in [-0.4, -0.2) is 28.9 Å². The summed E-state index contributed by atoms with van der Waals surface area (Å²) in [6.07, 6.45) is 6.71. The molecule has 1 saturated carbocycles. The molecule has 0 aromatic rings. The number of carbonyl (C=O) groups is 1. The van der Waals surface area contributed by atoms with Gasteiger partial charge < -0.3 is 10.6 Å². The molecular formula is C15H28N2O. The zero-order valence-corrected chi connectivity index (χ0v) is 12.1. The van der Waals surface area contributed by atoms with Gasteiger partial charge in [0.15, 0.2) is 0 Å². The average Bonchev–Trinajstić information content (AvgIpc) is 2.32. The highest BCUT2D eigenvalue weighted by molar-refractivity contribution is 5.80. The van der Waals surface area contributed by atoms with Gasteiger partial charge in [0.25, 0.3) is 0 Å². The van der Waals surface area contributed by atoms with Crippen molar-refractivity contribution in [1.82, 2.24) is 4.90 Å². The fourth-order valence-electron chi connectivity index (χ4n) is 3.74. The molecule has 2 aliphatic rings. The number of hydrogen-bond donors (Lipinski definition) is 1. The summed E-state index contributed by atoms with van der Waals surface area (Å²) >= 11 is 0. The molecule has 1 saturated heterocycles. The van der Waals surface area contributed by atoms with Crippen molar-refractivity contribution in [2.24, 2.45) is 17.6 Å². The van der Waals surface area contributed by atoms with Gasteiger partial charge in [-0.15, -0.1) is 0 Å². The third-order valence-corrected chi connectivity index (χ3v) is 4.93. The second kappa shape index (κ2) is 5.60. The summed E-state index contributed by atoms with van der Waals surface area (Å²) in [5, 5.41) is 0. The van der Waals surface area contributed by atoms with Gasteiger partial charge in [0.05, 0.1) is 5.92 Å². The molecule has 0 bridgehead atoms. The van der Waals surface area contributed by atoms with Gasteiger partial charge in [0.1, 0.15) is 0 Å². The van der Waals surface area contributed by atoms with Crippen LogP contribution in [0.5, 0.6) is 0 Å². The number of nitrogens with zero attached hydrogens (tertiary/aromatic N) is 1. The highest BCUT2D eigenvalue weighted by atomic mass is 16.2. The van der Waals surface area contributed by atoms with Gasteiger partial charge in [0, 0.05) is 18.1 Å². The van der Waals surface area contributed by atoms with Crippen LogP contribution in [0.25, 0.3) is 0 Å². The van der Waals surface area contributed by atoms with Crippen LogP contribution in [0.2, 0.25) is 0 Å². The van der Waals surface area contributed by atoms with E-state index in [9.17, 15) is 4.79 Å². The summed E-state index contributed by atoms with van der Waals surface area (Å²) in [6, 6.07) is 0.867. The molecule has 3 nitrogen and oxygen atoms in total. The molecule has 0 aromatic heterocycles. The molecule has 1 aliphatic heterocycles. The Labute approximate surface area is 111 Å². The Balaban J connectivity index is 2.08. The summed E-state index contributed by atoms with van der Waals surface area (Å²) < 4.78 is 0. The summed E-state index contributed by atoms with van der Waals surface area (Å²) in [5.74, 6) is 1.04. The quantitative estimate of drug-likeness (QED) is 0.779. The zero-order chi connectivity index (χ0) is 13.3. The van der Waals surface area contributed by atoms with Crippen molar-refractivity contribution >= 4 is 5.91 Å². The smallest absolute Gasteiger partial charge is 0.227 e. The van der Waals surface area contributed by atoms with Crippen molar-refractivity contribution in [3.63, 3.8) is 0 Å². The minimum absolute atomic E-state index is 0.0664. The van der Waals surface area contributed by atoms with Crippen LogP contribution in [0.15, 0.2) is 0 Å². The molecule has 5 atom stereocenters. The van der Waals surface area contributed by atoms with Gasteiger partial charge in [-0.3, -0.25) is 4.79 Å². The van der Waals surface area contributed by atoms with Crippen molar-refractivity contribution in [2.75, 3.05) is 0 Å². The fourth-order valence-corrected chi connectivity index (χ4v) is 3.74. The normalized spacial score (nSPS) is 41.8. The molecule has 3 heteroatoms. The molecular weight excluding hydrogens is 224 g/mol. The van der Waals surface area contributed by atoms with Crippen LogP contribution in [-0.2, 0) is 4.79 Å². The molecule has 0 radical (unpaired) electrons.